The minimum Gasteiger partial charge on any atom is -0.496 e. The van der Waals surface area contributed by atoms with Crippen LogP contribution in [-0.4, -0.2) is 17.1 Å². The van der Waals surface area contributed by atoms with Crippen molar-refractivity contribution < 1.29 is 4.74 Å². The van der Waals surface area contributed by atoms with Crippen LogP contribution < -0.4 is 9.64 Å². The molecule has 0 bridgehead atoms. The summed E-state index contributed by atoms with van der Waals surface area (Å²) in [4.78, 5) is 11.5. The summed E-state index contributed by atoms with van der Waals surface area (Å²) in [6.07, 6.45) is 3.59. The fraction of sp³-hybridized carbons (Fsp3) is 0.0370. The number of benzene rings is 3. The number of nitrogens with zero attached hydrogens (tertiary/aromatic N) is 3. The van der Waals surface area contributed by atoms with Crippen LogP contribution in [0.5, 0.6) is 5.75 Å². The van der Waals surface area contributed by atoms with E-state index in [-0.39, 0.29) is 0 Å². The van der Waals surface area contributed by atoms with E-state index >= 15 is 0 Å². The van der Waals surface area contributed by atoms with Crippen LogP contribution in [0.15, 0.2) is 109 Å². The first kappa shape index (κ1) is 20.0. The van der Waals surface area contributed by atoms with Crippen molar-refractivity contribution in [2.45, 2.75) is 0 Å². The van der Waals surface area contributed by atoms with Crippen LogP contribution in [0.1, 0.15) is 0 Å². The lowest BCUT2D eigenvalue weighted by molar-refractivity contribution is 0.416. The lowest BCUT2D eigenvalue weighted by atomic mass is 10.1. The number of methoxy groups -OCH3 is 1. The summed E-state index contributed by atoms with van der Waals surface area (Å²) in [6, 6.07) is 32.7. The third-order valence-corrected chi connectivity index (χ3v) is 6.22. The first-order valence-electron chi connectivity index (χ1n) is 10.3. The highest BCUT2D eigenvalue weighted by Crippen LogP contribution is 2.48. The van der Waals surface area contributed by atoms with E-state index in [0.717, 1.165) is 44.0 Å². The molecular formula is C27H21N3OS. The van der Waals surface area contributed by atoms with Gasteiger partial charge < -0.3 is 9.64 Å². The molecule has 0 fully saturated rings. The van der Waals surface area contributed by atoms with Gasteiger partial charge in [-0.2, -0.15) is 0 Å². The molecule has 0 saturated carbocycles. The van der Waals surface area contributed by atoms with Crippen LogP contribution in [-0.2, 0) is 0 Å². The molecule has 4 nitrogen and oxygen atoms in total. The van der Waals surface area contributed by atoms with E-state index in [0.29, 0.717) is 0 Å². The number of ether oxygens (including phenoxy) is 1. The molecule has 0 spiro atoms. The monoisotopic (exact) mass is 435 g/mol. The average Bonchev–Trinajstić information content (AvgIpc) is 3.31. The van der Waals surface area contributed by atoms with Gasteiger partial charge in [-0.1, -0.05) is 59.9 Å². The fourth-order valence-electron chi connectivity index (χ4n) is 3.64. The molecular weight excluding hydrogens is 414 g/mol. The first-order chi connectivity index (χ1) is 15.8. The van der Waals surface area contributed by atoms with Crippen molar-refractivity contribution in [3.05, 3.63) is 109 Å². The number of pyridine rings is 1. The predicted molar refractivity (Wildman–Crippen MR) is 132 cm³/mol. The summed E-state index contributed by atoms with van der Waals surface area (Å²) in [7, 11) is 1.70. The van der Waals surface area contributed by atoms with Crippen LogP contribution in [0.3, 0.4) is 0 Å². The van der Waals surface area contributed by atoms with Gasteiger partial charge in [-0.25, -0.2) is 4.98 Å². The summed E-state index contributed by atoms with van der Waals surface area (Å²) in [6.45, 7) is 0. The van der Waals surface area contributed by atoms with Crippen LogP contribution in [0.4, 0.5) is 16.4 Å². The molecule has 0 aliphatic carbocycles. The zero-order valence-electron chi connectivity index (χ0n) is 17.6. The fourth-order valence-corrected chi connectivity index (χ4v) is 4.76. The molecule has 0 atom stereocenters. The van der Waals surface area contributed by atoms with Crippen LogP contribution >= 0.6 is 11.3 Å². The quantitative estimate of drug-likeness (QED) is 0.279. The van der Waals surface area contributed by atoms with Gasteiger partial charge in [0.1, 0.15) is 21.5 Å². The van der Waals surface area contributed by atoms with Crippen molar-refractivity contribution in [3.63, 3.8) is 0 Å². The number of hydrogen-bond donors (Lipinski definition) is 0. The van der Waals surface area contributed by atoms with E-state index in [1.807, 2.05) is 42.5 Å². The Bertz CT molecular complexity index is 1270. The SMILES string of the molecule is COc1ccccc1-c1nc(-c2ccncc2)sc1N(c1ccccc1)c1ccccc1. The number of thiazole rings is 1. The van der Waals surface area contributed by atoms with Gasteiger partial charge in [0.15, 0.2) is 0 Å². The van der Waals surface area contributed by atoms with Gasteiger partial charge >= 0.3 is 0 Å². The Morgan fingerprint density at radius 3 is 1.94 bits per heavy atom. The van der Waals surface area contributed by atoms with Crippen molar-refractivity contribution in [1.82, 2.24) is 9.97 Å². The van der Waals surface area contributed by atoms with Crippen molar-refractivity contribution in [1.29, 1.82) is 0 Å². The Hall–Kier alpha value is -3.96. The summed E-state index contributed by atoms with van der Waals surface area (Å²) in [5, 5.41) is 1.96. The Kier molecular flexibility index (Phi) is 5.64. The number of aromatic nitrogens is 2. The Balaban J connectivity index is 1.78. The Morgan fingerprint density at radius 1 is 0.719 bits per heavy atom. The molecule has 2 heterocycles. The zero-order chi connectivity index (χ0) is 21.8. The molecule has 0 saturated heterocycles. The second-order valence-electron chi connectivity index (χ2n) is 7.12. The standard InChI is InChI=1S/C27H21N3OS/c1-31-24-15-9-8-14-23(24)25-27(32-26(29-25)20-16-18-28-19-17-20)30(21-10-4-2-5-11-21)22-12-6-3-7-13-22/h2-19H,1H3. The van der Waals surface area contributed by atoms with Crippen molar-refractivity contribution >= 4 is 27.7 Å². The highest BCUT2D eigenvalue weighted by Gasteiger charge is 2.24. The number of para-hydroxylation sites is 3. The van der Waals surface area contributed by atoms with Crippen LogP contribution in [0.2, 0.25) is 0 Å². The van der Waals surface area contributed by atoms with E-state index in [4.69, 9.17) is 9.72 Å². The minimum atomic E-state index is 0.793. The third-order valence-electron chi connectivity index (χ3n) is 5.13. The number of hydrogen-bond acceptors (Lipinski definition) is 5. The highest BCUT2D eigenvalue weighted by atomic mass is 32.1. The molecule has 0 N–H and O–H groups in total. The lowest BCUT2D eigenvalue weighted by Crippen LogP contribution is -2.09. The average molecular weight is 436 g/mol. The van der Waals surface area contributed by atoms with Gasteiger partial charge in [-0.05, 0) is 48.5 Å². The molecule has 0 radical (unpaired) electrons. The minimum absolute atomic E-state index is 0.793. The van der Waals surface area contributed by atoms with Crippen LogP contribution in [0.25, 0.3) is 21.8 Å². The maximum Gasteiger partial charge on any atom is 0.129 e. The van der Waals surface area contributed by atoms with E-state index < -0.39 is 0 Å². The molecule has 0 aliphatic heterocycles. The van der Waals surface area contributed by atoms with Gasteiger partial charge in [-0.3, -0.25) is 4.98 Å². The lowest BCUT2D eigenvalue weighted by Gasteiger charge is -2.24. The van der Waals surface area contributed by atoms with Crippen molar-refractivity contribution in [2.24, 2.45) is 0 Å². The molecule has 5 rings (SSSR count). The smallest absolute Gasteiger partial charge is 0.129 e. The second-order valence-corrected chi connectivity index (χ2v) is 8.09. The van der Waals surface area contributed by atoms with Gasteiger partial charge in [0.2, 0.25) is 0 Å². The molecule has 156 valence electrons. The second kappa shape index (κ2) is 9.04. The Labute approximate surface area is 191 Å². The summed E-state index contributed by atoms with van der Waals surface area (Å²) in [5.74, 6) is 0.793. The third kappa shape index (κ3) is 3.86. The zero-order valence-corrected chi connectivity index (χ0v) is 18.4. The molecule has 0 aliphatic rings. The molecule has 5 aromatic rings. The maximum absolute atomic E-state index is 5.70. The molecule has 0 unspecified atom stereocenters. The number of anilines is 3. The van der Waals surface area contributed by atoms with E-state index in [2.05, 4.69) is 64.5 Å². The topological polar surface area (TPSA) is 38.3 Å². The molecule has 2 aromatic heterocycles. The largest absolute Gasteiger partial charge is 0.496 e. The van der Waals surface area contributed by atoms with Gasteiger partial charge in [0.25, 0.3) is 0 Å². The summed E-state index contributed by atoms with van der Waals surface area (Å²) < 4.78 is 5.70. The van der Waals surface area contributed by atoms with Crippen LogP contribution in [0, 0.1) is 0 Å². The number of rotatable bonds is 6. The summed E-state index contributed by atoms with van der Waals surface area (Å²) >= 11 is 1.66. The van der Waals surface area contributed by atoms with Gasteiger partial charge in [-0.15, -0.1) is 0 Å². The molecule has 0 amide bonds. The molecule has 5 heteroatoms. The molecule has 3 aromatic carbocycles. The predicted octanol–water partition coefficient (Wildman–Crippen LogP) is 7.35. The molecule has 32 heavy (non-hydrogen) atoms. The van der Waals surface area contributed by atoms with Gasteiger partial charge in [0.05, 0.1) is 7.11 Å². The van der Waals surface area contributed by atoms with E-state index in [1.54, 1.807) is 30.8 Å². The highest BCUT2D eigenvalue weighted by molar-refractivity contribution is 7.19. The van der Waals surface area contributed by atoms with E-state index in [9.17, 15) is 0 Å². The van der Waals surface area contributed by atoms with Crippen molar-refractivity contribution in [2.75, 3.05) is 12.0 Å². The Morgan fingerprint density at radius 2 is 1.31 bits per heavy atom. The first-order valence-corrected chi connectivity index (χ1v) is 11.1. The van der Waals surface area contributed by atoms with Crippen molar-refractivity contribution in [3.8, 4) is 27.6 Å². The van der Waals surface area contributed by atoms with Gasteiger partial charge in [0, 0.05) is 34.9 Å². The normalized spacial score (nSPS) is 10.7. The maximum atomic E-state index is 5.70. The van der Waals surface area contributed by atoms with E-state index in [1.165, 1.54) is 0 Å². The summed E-state index contributed by atoms with van der Waals surface area (Å²) in [5.41, 5.74) is 5.01.